The summed E-state index contributed by atoms with van der Waals surface area (Å²) in [5.74, 6) is -0.342. The van der Waals surface area contributed by atoms with E-state index < -0.39 is 12.1 Å². The van der Waals surface area contributed by atoms with Crippen LogP contribution in [-0.2, 0) is 0 Å². The van der Waals surface area contributed by atoms with Gasteiger partial charge in [-0.1, -0.05) is 20.8 Å². The van der Waals surface area contributed by atoms with Gasteiger partial charge in [-0.2, -0.15) is 13.2 Å². The molecule has 0 heterocycles. The zero-order valence-electron chi connectivity index (χ0n) is 8.36. The average molecular weight is 194 g/mol. The van der Waals surface area contributed by atoms with Crippen LogP contribution in [0.2, 0.25) is 0 Å². The molecule has 0 aromatic heterocycles. The van der Waals surface area contributed by atoms with Crippen molar-refractivity contribution in [1.82, 2.24) is 0 Å². The van der Waals surface area contributed by atoms with Gasteiger partial charge in [0.05, 0.1) is 5.92 Å². The van der Waals surface area contributed by atoms with Gasteiger partial charge in [-0.3, -0.25) is 0 Å². The van der Waals surface area contributed by atoms with Crippen molar-refractivity contribution in [3.63, 3.8) is 0 Å². The van der Waals surface area contributed by atoms with E-state index in [4.69, 9.17) is 0 Å². The van der Waals surface area contributed by atoms with E-state index in [2.05, 4.69) is 13.8 Å². The van der Waals surface area contributed by atoms with Gasteiger partial charge in [0.25, 0.3) is 0 Å². The Balaban J connectivity index is 2.34. The summed E-state index contributed by atoms with van der Waals surface area (Å²) in [6, 6.07) is 0. The van der Waals surface area contributed by atoms with Gasteiger partial charge in [-0.05, 0) is 30.6 Å². The predicted molar refractivity (Wildman–Crippen MR) is 46.3 cm³/mol. The highest BCUT2D eigenvalue weighted by atomic mass is 19.4. The molecule has 3 unspecified atom stereocenters. The highest BCUT2D eigenvalue weighted by molar-refractivity contribution is 4.92. The van der Waals surface area contributed by atoms with Gasteiger partial charge in [-0.25, -0.2) is 0 Å². The van der Waals surface area contributed by atoms with Crippen LogP contribution in [0.4, 0.5) is 13.2 Å². The summed E-state index contributed by atoms with van der Waals surface area (Å²) < 4.78 is 36.8. The topological polar surface area (TPSA) is 0 Å². The Morgan fingerprint density at radius 2 is 1.77 bits per heavy atom. The molecule has 0 N–H and O–H groups in total. The van der Waals surface area contributed by atoms with Crippen molar-refractivity contribution >= 4 is 0 Å². The van der Waals surface area contributed by atoms with Crippen LogP contribution in [0.5, 0.6) is 0 Å². The number of alkyl halides is 3. The number of hydrogen-bond donors (Lipinski definition) is 0. The molecule has 13 heavy (non-hydrogen) atoms. The fraction of sp³-hybridized carbons (Fsp3) is 1.00. The van der Waals surface area contributed by atoms with Crippen molar-refractivity contribution in [1.29, 1.82) is 0 Å². The molecule has 1 fully saturated rings. The maximum Gasteiger partial charge on any atom is 0.391 e. The van der Waals surface area contributed by atoms with Crippen LogP contribution in [0.3, 0.4) is 0 Å². The van der Waals surface area contributed by atoms with Gasteiger partial charge >= 0.3 is 6.18 Å². The minimum Gasteiger partial charge on any atom is -0.171 e. The number of halogens is 3. The Labute approximate surface area is 77.5 Å². The van der Waals surface area contributed by atoms with Gasteiger partial charge in [0.1, 0.15) is 0 Å². The monoisotopic (exact) mass is 194 g/mol. The van der Waals surface area contributed by atoms with Gasteiger partial charge < -0.3 is 0 Å². The van der Waals surface area contributed by atoms with Crippen LogP contribution < -0.4 is 0 Å². The molecule has 1 saturated carbocycles. The molecule has 1 aliphatic carbocycles. The molecule has 0 aromatic carbocycles. The Morgan fingerprint density at radius 1 is 1.23 bits per heavy atom. The lowest BCUT2D eigenvalue weighted by atomic mass is 9.99. The maximum atomic E-state index is 12.3. The first-order chi connectivity index (χ1) is 5.82. The zero-order chi connectivity index (χ0) is 10.2. The van der Waals surface area contributed by atoms with Crippen molar-refractivity contribution in [3.8, 4) is 0 Å². The second-order valence-electron chi connectivity index (χ2n) is 4.62. The van der Waals surface area contributed by atoms with Crippen LogP contribution in [0.1, 0.15) is 33.6 Å². The van der Waals surface area contributed by atoms with Crippen molar-refractivity contribution in [2.75, 3.05) is 0 Å². The number of hydrogen-bond acceptors (Lipinski definition) is 0. The molecule has 0 spiro atoms. The maximum absolute atomic E-state index is 12.3. The van der Waals surface area contributed by atoms with E-state index in [9.17, 15) is 13.2 Å². The number of rotatable bonds is 3. The first-order valence-corrected chi connectivity index (χ1v) is 4.89. The Bertz CT molecular complexity index is 171. The van der Waals surface area contributed by atoms with Crippen molar-refractivity contribution in [2.24, 2.45) is 23.7 Å². The van der Waals surface area contributed by atoms with Crippen LogP contribution in [-0.4, -0.2) is 6.18 Å². The lowest BCUT2D eigenvalue weighted by Gasteiger charge is -2.15. The highest BCUT2D eigenvalue weighted by Crippen LogP contribution is 2.52. The van der Waals surface area contributed by atoms with Crippen LogP contribution in [0, 0.1) is 23.7 Å². The van der Waals surface area contributed by atoms with Crippen molar-refractivity contribution in [2.45, 2.75) is 39.8 Å². The Kier molecular flexibility index (Phi) is 2.93. The molecule has 0 bridgehead atoms. The van der Waals surface area contributed by atoms with Crippen LogP contribution >= 0.6 is 0 Å². The smallest absolute Gasteiger partial charge is 0.171 e. The molecule has 0 aromatic rings. The normalized spacial score (nSPS) is 30.7. The third-order valence-corrected chi connectivity index (χ3v) is 2.91. The molecular formula is C10H17F3. The van der Waals surface area contributed by atoms with Gasteiger partial charge in [0.2, 0.25) is 0 Å². The second-order valence-corrected chi connectivity index (χ2v) is 4.62. The van der Waals surface area contributed by atoms with E-state index in [-0.39, 0.29) is 5.92 Å². The van der Waals surface area contributed by atoms with Crippen LogP contribution in [0.25, 0.3) is 0 Å². The first kappa shape index (κ1) is 10.9. The summed E-state index contributed by atoms with van der Waals surface area (Å²) in [6.07, 6.45) is -2.26. The van der Waals surface area contributed by atoms with E-state index >= 15 is 0 Å². The predicted octanol–water partition coefficient (Wildman–Crippen LogP) is 3.87. The standard InChI is InChI=1S/C10H17F3/c1-6(2)4-8-5-9(8)7(3)10(11,12)13/h6-9H,4-5H2,1-3H3. The van der Waals surface area contributed by atoms with E-state index in [1.807, 2.05) is 0 Å². The summed E-state index contributed by atoms with van der Waals surface area (Å²) in [5.41, 5.74) is 0. The average Bonchev–Trinajstić information content (AvgIpc) is 2.62. The van der Waals surface area contributed by atoms with Crippen molar-refractivity contribution < 1.29 is 13.2 Å². The molecule has 0 radical (unpaired) electrons. The molecule has 1 rings (SSSR count). The SMILES string of the molecule is CC(C)CC1CC1C(C)C(F)(F)F. The lowest BCUT2D eigenvalue weighted by molar-refractivity contribution is -0.176. The van der Waals surface area contributed by atoms with E-state index in [0.29, 0.717) is 11.8 Å². The highest BCUT2D eigenvalue weighted by Gasteiger charge is 2.51. The second kappa shape index (κ2) is 3.50. The Morgan fingerprint density at radius 3 is 2.15 bits per heavy atom. The molecule has 1 aliphatic rings. The van der Waals surface area contributed by atoms with Gasteiger partial charge in [0, 0.05) is 0 Å². The minimum atomic E-state index is -3.99. The zero-order valence-corrected chi connectivity index (χ0v) is 8.36. The first-order valence-electron chi connectivity index (χ1n) is 4.89. The molecule has 0 nitrogen and oxygen atoms in total. The largest absolute Gasteiger partial charge is 0.391 e. The molecular weight excluding hydrogens is 177 g/mol. The molecule has 78 valence electrons. The molecule has 0 aliphatic heterocycles. The van der Waals surface area contributed by atoms with E-state index in [1.165, 1.54) is 6.92 Å². The summed E-state index contributed by atoms with van der Waals surface area (Å²) in [4.78, 5) is 0. The molecule has 0 amide bonds. The molecule has 0 saturated heterocycles. The Hall–Kier alpha value is -0.210. The van der Waals surface area contributed by atoms with Gasteiger partial charge in [-0.15, -0.1) is 0 Å². The summed E-state index contributed by atoms with van der Waals surface area (Å²) in [5, 5.41) is 0. The van der Waals surface area contributed by atoms with Gasteiger partial charge in [0.15, 0.2) is 0 Å². The third-order valence-electron chi connectivity index (χ3n) is 2.91. The third kappa shape index (κ3) is 2.89. The van der Waals surface area contributed by atoms with Crippen LogP contribution in [0.15, 0.2) is 0 Å². The van der Waals surface area contributed by atoms with E-state index in [0.717, 1.165) is 12.8 Å². The summed E-state index contributed by atoms with van der Waals surface area (Å²) in [7, 11) is 0. The minimum absolute atomic E-state index is 0.0950. The summed E-state index contributed by atoms with van der Waals surface area (Å²) in [6.45, 7) is 5.44. The quantitative estimate of drug-likeness (QED) is 0.639. The summed E-state index contributed by atoms with van der Waals surface area (Å²) >= 11 is 0. The lowest BCUT2D eigenvalue weighted by Crippen LogP contribution is -2.22. The van der Waals surface area contributed by atoms with E-state index in [1.54, 1.807) is 0 Å². The fourth-order valence-corrected chi connectivity index (χ4v) is 2.00. The fourth-order valence-electron chi connectivity index (χ4n) is 2.00. The molecule has 3 heteroatoms. The molecule has 3 atom stereocenters. The van der Waals surface area contributed by atoms with Crippen molar-refractivity contribution in [3.05, 3.63) is 0 Å².